The summed E-state index contributed by atoms with van der Waals surface area (Å²) in [5, 5.41) is 0. The Bertz CT molecular complexity index is 676. The Labute approximate surface area is 174 Å². The normalized spacial score (nSPS) is 18.9. The summed E-state index contributed by atoms with van der Waals surface area (Å²) in [4.78, 5) is 0. The topological polar surface area (TPSA) is 0 Å². The van der Waals surface area contributed by atoms with Gasteiger partial charge in [0.05, 0.1) is 0 Å². The molecule has 0 aliphatic heterocycles. The monoisotopic (exact) mass is 374 g/mol. The lowest BCUT2D eigenvalue weighted by molar-refractivity contribution is 0.294. The maximum Gasteiger partial charge on any atom is 0.0249 e. The van der Waals surface area contributed by atoms with E-state index in [0.29, 0.717) is 5.92 Å². The fourth-order valence-electron chi connectivity index (χ4n) is 3.99. The van der Waals surface area contributed by atoms with Crippen molar-refractivity contribution in [2.45, 2.75) is 90.9 Å². The van der Waals surface area contributed by atoms with Crippen LogP contribution in [0.4, 0.5) is 0 Å². The van der Waals surface area contributed by atoms with Crippen molar-refractivity contribution in [1.82, 2.24) is 0 Å². The van der Waals surface area contributed by atoms with Crippen LogP contribution < -0.4 is 0 Å². The lowest BCUT2D eigenvalue weighted by Crippen LogP contribution is -2.13. The van der Waals surface area contributed by atoms with Gasteiger partial charge in [-0.1, -0.05) is 88.2 Å². The number of unbranched alkanes of at least 4 members (excludes halogenated alkanes) is 4. The van der Waals surface area contributed by atoms with Gasteiger partial charge in [0, 0.05) is 11.5 Å². The molecule has 0 amide bonds. The number of rotatable bonds is 8. The molecule has 0 aromatic heterocycles. The highest BCUT2D eigenvalue weighted by molar-refractivity contribution is 5.39. The first-order chi connectivity index (χ1) is 13.8. The maximum atomic E-state index is 3.44. The van der Waals surface area contributed by atoms with Gasteiger partial charge in [0.2, 0.25) is 0 Å². The van der Waals surface area contributed by atoms with Crippen molar-refractivity contribution in [2.75, 3.05) is 0 Å². The van der Waals surface area contributed by atoms with E-state index < -0.39 is 0 Å². The quantitative estimate of drug-likeness (QED) is 0.323. The Balaban J connectivity index is 1.68. The van der Waals surface area contributed by atoms with Crippen molar-refractivity contribution >= 4 is 0 Å². The van der Waals surface area contributed by atoms with Gasteiger partial charge in [-0.2, -0.15) is 0 Å². The zero-order chi connectivity index (χ0) is 19.9. The Hall–Kier alpha value is -1.92. The minimum Gasteiger partial charge on any atom is -0.0951 e. The van der Waals surface area contributed by atoms with Crippen LogP contribution in [0.15, 0.2) is 36.4 Å². The molecule has 1 aliphatic rings. The Morgan fingerprint density at radius 3 is 2.21 bits per heavy atom. The van der Waals surface area contributed by atoms with E-state index in [9.17, 15) is 0 Å². The third-order valence-electron chi connectivity index (χ3n) is 5.84. The van der Waals surface area contributed by atoms with Gasteiger partial charge < -0.3 is 0 Å². The summed E-state index contributed by atoms with van der Waals surface area (Å²) in [6.07, 6.45) is 19.8. The second-order valence-electron chi connectivity index (χ2n) is 8.26. The molecule has 0 saturated heterocycles. The van der Waals surface area contributed by atoms with Crippen LogP contribution >= 0.6 is 0 Å². The van der Waals surface area contributed by atoms with Gasteiger partial charge >= 0.3 is 0 Å². The molecule has 0 bridgehead atoms. The number of hydrogen-bond acceptors (Lipinski definition) is 0. The third-order valence-corrected chi connectivity index (χ3v) is 5.84. The van der Waals surface area contributed by atoms with Crippen molar-refractivity contribution in [3.63, 3.8) is 0 Å². The van der Waals surface area contributed by atoms with Gasteiger partial charge in [0.25, 0.3) is 0 Å². The van der Waals surface area contributed by atoms with E-state index in [1.54, 1.807) is 0 Å². The lowest BCUT2D eigenvalue weighted by atomic mass is 9.80. The van der Waals surface area contributed by atoms with E-state index >= 15 is 0 Å². The molecule has 150 valence electrons. The lowest BCUT2D eigenvalue weighted by Gasteiger charge is -2.25. The zero-order valence-electron chi connectivity index (χ0n) is 18.1. The molecule has 1 aromatic carbocycles. The molecular weight excluding hydrogens is 336 g/mol. The highest BCUT2D eigenvalue weighted by Gasteiger charge is 2.19. The minimum atomic E-state index is 0.597. The summed E-state index contributed by atoms with van der Waals surface area (Å²) in [6, 6.07) is 8.68. The summed E-state index contributed by atoms with van der Waals surface area (Å²) >= 11 is 0. The minimum absolute atomic E-state index is 0.597. The molecule has 2 rings (SSSR count). The Kier molecular flexibility index (Phi) is 11.3. The highest BCUT2D eigenvalue weighted by atomic mass is 14.2. The van der Waals surface area contributed by atoms with Crippen LogP contribution in [0, 0.1) is 35.5 Å². The third kappa shape index (κ3) is 9.33. The van der Waals surface area contributed by atoms with E-state index in [2.05, 4.69) is 61.8 Å². The van der Waals surface area contributed by atoms with Crippen LogP contribution in [0.25, 0.3) is 0 Å². The van der Waals surface area contributed by atoms with Crippen molar-refractivity contribution in [1.29, 1.82) is 0 Å². The largest absolute Gasteiger partial charge is 0.0951 e. The summed E-state index contributed by atoms with van der Waals surface area (Å²) in [7, 11) is 0. The van der Waals surface area contributed by atoms with Gasteiger partial charge in [0.15, 0.2) is 0 Å². The molecule has 28 heavy (non-hydrogen) atoms. The zero-order valence-corrected chi connectivity index (χ0v) is 18.1. The standard InChI is InChI=1S/C28H38/c1-3-5-9-13-25-17-21-27(22-18-25)15-11-7-8-12-16-28-23-19-26(20-24-28)14-10-6-4-2/h7-8,17-18,21-22,26,28H,3-6,9-10,13-14,19-20,23-24H2,1-2H3/b8-7+/t26-,28-. The fraction of sp³-hybridized carbons (Fsp3) is 0.571. The molecule has 1 saturated carbocycles. The second kappa shape index (κ2) is 14.1. The number of allylic oxidation sites excluding steroid dienone is 2. The first kappa shape index (κ1) is 22.4. The van der Waals surface area contributed by atoms with E-state index in [1.165, 1.54) is 82.6 Å². The Morgan fingerprint density at radius 2 is 1.50 bits per heavy atom. The summed E-state index contributed by atoms with van der Waals surface area (Å²) < 4.78 is 0. The van der Waals surface area contributed by atoms with Gasteiger partial charge in [0.1, 0.15) is 0 Å². The molecule has 1 fully saturated rings. The van der Waals surface area contributed by atoms with Gasteiger partial charge in [-0.3, -0.25) is 0 Å². The fourth-order valence-corrected chi connectivity index (χ4v) is 3.99. The molecule has 0 nitrogen and oxygen atoms in total. The SMILES string of the molecule is CCCCCc1ccc(C#C/C=C/C#C[C@H]2CC[C@H](CCCCC)CC2)cc1. The molecule has 0 radical (unpaired) electrons. The molecule has 0 N–H and O–H groups in total. The van der Waals surface area contributed by atoms with Crippen molar-refractivity contribution in [3.05, 3.63) is 47.5 Å². The number of aryl methyl sites for hydroxylation is 1. The molecule has 0 heteroatoms. The van der Waals surface area contributed by atoms with Gasteiger partial charge in [-0.05, 0) is 74.3 Å². The van der Waals surface area contributed by atoms with Crippen LogP contribution in [-0.4, -0.2) is 0 Å². The number of hydrogen-bond donors (Lipinski definition) is 0. The van der Waals surface area contributed by atoms with Crippen LogP contribution in [-0.2, 0) is 6.42 Å². The molecule has 0 spiro atoms. The van der Waals surface area contributed by atoms with Crippen LogP contribution in [0.1, 0.15) is 95.6 Å². The van der Waals surface area contributed by atoms with Crippen LogP contribution in [0.3, 0.4) is 0 Å². The van der Waals surface area contributed by atoms with Crippen molar-refractivity contribution < 1.29 is 0 Å². The van der Waals surface area contributed by atoms with E-state index in [4.69, 9.17) is 0 Å². The molecule has 0 heterocycles. The summed E-state index contributed by atoms with van der Waals surface area (Å²) in [5.74, 6) is 14.5. The average molecular weight is 375 g/mol. The first-order valence-electron chi connectivity index (χ1n) is 11.6. The summed E-state index contributed by atoms with van der Waals surface area (Å²) in [6.45, 7) is 4.53. The van der Waals surface area contributed by atoms with Crippen molar-refractivity contribution in [3.8, 4) is 23.7 Å². The predicted molar refractivity (Wildman–Crippen MR) is 123 cm³/mol. The molecule has 0 unspecified atom stereocenters. The van der Waals surface area contributed by atoms with E-state index in [0.717, 1.165) is 11.5 Å². The average Bonchev–Trinajstić information content (AvgIpc) is 2.73. The molecule has 0 atom stereocenters. The summed E-state index contributed by atoms with van der Waals surface area (Å²) in [5.41, 5.74) is 2.50. The smallest absolute Gasteiger partial charge is 0.0249 e. The first-order valence-corrected chi connectivity index (χ1v) is 11.6. The molecular formula is C28H38. The molecule has 1 aliphatic carbocycles. The van der Waals surface area contributed by atoms with Crippen LogP contribution in [0.5, 0.6) is 0 Å². The van der Waals surface area contributed by atoms with Gasteiger partial charge in [-0.25, -0.2) is 0 Å². The predicted octanol–water partition coefficient (Wildman–Crippen LogP) is 7.72. The maximum absolute atomic E-state index is 3.44. The van der Waals surface area contributed by atoms with E-state index in [1.807, 2.05) is 12.2 Å². The number of benzene rings is 1. The molecule has 1 aromatic rings. The van der Waals surface area contributed by atoms with Gasteiger partial charge in [-0.15, -0.1) is 0 Å². The van der Waals surface area contributed by atoms with Crippen molar-refractivity contribution in [2.24, 2.45) is 11.8 Å². The highest BCUT2D eigenvalue weighted by Crippen LogP contribution is 2.31. The Morgan fingerprint density at radius 1 is 0.821 bits per heavy atom. The second-order valence-corrected chi connectivity index (χ2v) is 8.26. The van der Waals surface area contributed by atoms with E-state index in [-0.39, 0.29) is 0 Å². The van der Waals surface area contributed by atoms with Crippen LogP contribution in [0.2, 0.25) is 0 Å².